The third kappa shape index (κ3) is 3.22. The Balaban J connectivity index is 1.46. The van der Waals surface area contributed by atoms with Gasteiger partial charge in [-0.15, -0.1) is 0 Å². The number of imidazole rings is 1. The van der Waals surface area contributed by atoms with Gasteiger partial charge in [0.05, 0.1) is 41.9 Å². The summed E-state index contributed by atoms with van der Waals surface area (Å²) in [5.74, 6) is 1.57. The highest BCUT2D eigenvalue weighted by Gasteiger charge is 2.32. The van der Waals surface area contributed by atoms with Crippen LogP contribution in [-0.4, -0.2) is 26.4 Å². The number of nitrogens with one attached hydrogen (secondary N) is 1. The van der Waals surface area contributed by atoms with Crippen LogP contribution in [0.2, 0.25) is 0 Å². The molecule has 5 rings (SSSR count). The van der Waals surface area contributed by atoms with Crippen molar-refractivity contribution in [1.29, 1.82) is 5.26 Å². The quantitative estimate of drug-likeness (QED) is 0.576. The number of hydrogen-bond donors (Lipinski definition) is 1. The van der Waals surface area contributed by atoms with Crippen molar-refractivity contribution in [2.24, 2.45) is 0 Å². The van der Waals surface area contributed by atoms with Crippen molar-refractivity contribution in [1.82, 2.24) is 19.9 Å². The van der Waals surface area contributed by atoms with E-state index in [0.717, 1.165) is 35.7 Å². The lowest BCUT2D eigenvalue weighted by Gasteiger charge is -2.33. The van der Waals surface area contributed by atoms with Crippen LogP contribution in [0.3, 0.4) is 0 Å². The fourth-order valence-corrected chi connectivity index (χ4v) is 3.96. The van der Waals surface area contributed by atoms with Crippen LogP contribution >= 0.6 is 0 Å². The summed E-state index contributed by atoms with van der Waals surface area (Å²) in [6, 6.07) is 19.6. The minimum Gasteiger partial charge on any atom is -0.460 e. The molecule has 0 aliphatic carbocycles. The van der Waals surface area contributed by atoms with Gasteiger partial charge in [-0.25, -0.2) is 4.98 Å². The van der Waals surface area contributed by atoms with Crippen molar-refractivity contribution in [3.63, 3.8) is 0 Å². The number of benzene rings is 1. The van der Waals surface area contributed by atoms with E-state index in [9.17, 15) is 5.26 Å². The van der Waals surface area contributed by atoms with Gasteiger partial charge in [-0.1, -0.05) is 18.2 Å². The fraction of sp³-hybridized carbons (Fsp3) is 0.174. The van der Waals surface area contributed by atoms with E-state index in [4.69, 9.17) is 4.42 Å². The number of pyridine rings is 1. The Morgan fingerprint density at radius 3 is 2.86 bits per heavy atom. The van der Waals surface area contributed by atoms with E-state index in [1.165, 1.54) is 5.69 Å². The molecule has 4 aromatic rings. The van der Waals surface area contributed by atoms with E-state index < -0.39 is 0 Å². The van der Waals surface area contributed by atoms with Crippen molar-refractivity contribution >= 4 is 0 Å². The van der Waals surface area contributed by atoms with Crippen LogP contribution in [0, 0.1) is 11.3 Å². The molecule has 0 bridgehead atoms. The number of H-pyrrole nitrogens is 1. The minimum absolute atomic E-state index is 0.0221. The van der Waals surface area contributed by atoms with E-state index in [2.05, 4.69) is 25.9 Å². The summed E-state index contributed by atoms with van der Waals surface area (Å²) in [5, 5.41) is 9.36. The zero-order valence-corrected chi connectivity index (χ0v) is 15.7. The summed E-state index contributed by atoms with van der Waals surface area (Å²) in [5.41, 5.74) is 4.59. The van der Waals surface area contributed by atoms with Crippen LogP contribution in [0.15, 0.2) is 71.5 Å². The van der Waals surface area contributed by atoms with Gasteiger partial charge in [0.1, 0.15) is 11.5 Å². The highest BCUT2D eigenvalue weighted by atomic mass is 16.3. The van der Waals surface area contributed by atoms with Crippen LogP contribution in [0.1, 0.15) is 34.4 Å². The molecule has 1 aliphatic rings. The predicted molar refractivity (Wildman–Crippen MR) is 108 cm³/mol. The molecule has 4 heterocycles. The summed E-state index contributed by atoms with van der Waals surface area (Å²) >= 11 is 0. The highest BCUT2D eigenvalue weighted by molar-refractivity contribution is 5.66. The van der Waals surface area contributed by atoms with Gasteiger partial charge in [-0.3, -0.25) is 9.88 Å². The molecule has 6 nitrogen and oxygen atoms in total. The molecule has 0 saturated heterocycles. The Kier molecular flexibility index (Phi) is 4.43. The SMILES string of the molecule is N#Cc1ccccc1-c1ccc(CN2CCc3[nH]cnc3C2c2ccccn2)o1. The Bertz CT molecular complexity index is 1170. The molecule has 29 heavy (non-hydrogen) atoms. The predicted octanol–water partition coefficient (Wildman–Crippen LogP) is 4.08. The molecule has 1 aromatic carbocycles. The number of nitriles is 1. The van der Waals surface area contributed by atoms with Crippen molar-refractivity contribution in [3.05, 3.63) is 95.5 Å². The second kappa shape index (κ2) is 7.38. The van der Waals surface area contributed by atoms with E-state index >= 15 is 0 Å². The van der Waals surface area contributed by atoms with Gasteiger partial charge in [-0.05, 0) is 36.4 Å². The molecule has 0 fully saturated rings. The molecule has 1 atom stereocenters. The van der Waals surface area contributed by atoms with E-state index in [0.29, 0.717) is 17.9 Å². The van der Waals surface area contributed by atoms with Gasteiger partial charge in [0.15, 0.2) is 0 Å². The first kappa shape index (κ1) is 17.4. The second-order valence-corrected chi connectivity index (χ2v) is 7.07. The first-order valence-corrected chi connectivity index (χ1v) is 9.59. The molecule has 1 aliphatic heterocycles. The smallest absolute Gasteiger partial charge is 0.135 e. The zero-order chi connectivity index (χ0) is 19.6. The van der Waals surface area contributed by atoms with Crippen molar-refractivity contribution in [3.8, 4) is 17.4 Å². The summed E-state index contributed by atoms with van der Waals surface area (Å²) in [6.07, 6.45) is 4.48. The Morgan fingerprint density at radius 1 is 1.10 bits per heavy atom. The third-order valence-electron chi connectivity index (χ3n) is 5.33. The molecule has 1 unspecified atom stereocenters. The van der Waals surface area contributed by atoms with Crippen LogP contribution in [0.5, 0.6) is 0 Å². The lowest BCUT2D eigenvalue weighted by molar-refractivity contribution is 0.183. The lowest BCUT2D eigenvalue weighted by Crippen LogP contribution is -2.36. The number of nitrogens with zero attached hydrogens (tertiary/aromatic N) is 4. The molecule has 142 valence electrons. The standard InChI is InChI=1S/C23H19N5O/c24-13-16-5-1-2-6-18(16)21-9-8-17(29-21)14-28-12-10-19-22(27-15-26-19)23(28)20-7-3-4-11-25-20/h1-9,11,15,23H,10,12,14H2,(H,26,27). The van der Waals surface area contributed by atoms with Crippen LogP contribution in [-0.2, 0) is 13.0 Å². The van der Waals surface area contributed by atoms with Gasteiger partial charge in [-0.2, -0.15) is 5.26 Å². The summed E-state index contributed by atoms with van der Waals surface area (Å²) in [6.45, 7) is 1.52. The lowest BCUT2D eigenvalue weighted by atomic mass is 9.99. The Hall–Kier alpha value is -3.69. The number of hydrogen-bond acceptors (Lipinski definition) is 5. The molecule has 0 spiro atoms. The normalized spacial score (nSPS) is 16.3. The molecule has 3 aromatic heterocycles. The summed E-state index contributed by atoms with van der Waals surface area (Å²) in [4.78, 5) is 14.8. The monoisotopic (exact) mass is 381 g/mol. The number of furan rings is 1. The summed E-state index contributed by atoms with van der Waals surface area (Å²) in [7, 11) is 0. The van der Waals surface area contributed by atoms with Crippen molar-refractivity contribution in [2.75, 3.05) is 6.54 Å². The van der Waals surface area contributed by atoms with Gasteiger partial charge in [0, 0.05) is 30.4 Å². The largest absolute Gasteiger partial charge is 0.460 e. The van der Waals surface area contributed by atoms with Crippen LogP contribution < -0.4 is 0 Å². The molecular weight excluding hydrogens is 362 g/mol. The molecule has 1 N–H and O–H groups in total. The second-order valence-electron chi connectivity index (χ2n) is 7.07. The molecule has 0 amide bonds. The Labute approximate surface area is 168 Å². The number of rotatable bonds is 4. The molecule has 0 saturated carbocycles. The van der Waals surface area contributed by atoms with Crippen LogP contribution in [0.4, 0.5) is 0 Å². The number of aromatic nitrogens is 3. The maximum Gasteiger partial charge on any atom is 0.135 e. The van der Waals surface area contributed by atoms with Gasteiger partial charge in [0.2, 0.25) is 0 Å². The average molecular weight is 381 g/mol. The topological polar surface area (TPSA) is 81.7 Å². The maximum atomic E-state index is 9.36. The Morgan fingerprint density at radius 2 is 2.00 bits per heavy atom. The van der Waals surface area contributed by atoms with E-state index in [-0.39, 0.29) is 6.04 Å². The number of fused-ring (bicyclic) bond motifs is 1. The maximum absolute atomic E-state index is 9.36. The average Bonchev–Trinajstić information content (AvgIpc) is 3.44. The van der Waals surface area contributed by atoms with Gasteiger partial charge >= 0.3 is 0 Å². The molecular formula is C23H19N5O. The summed E-state index contributed by atoms with van der Waals surface area (Å²) < 4.78 is 6.13. The van der Waals surface area contributed by atoms with Gasteiger partial charge in [0.25, 0.3) is 0 Å². The third-order valence-corrected chi connectivity index (χ3v) is 5.33. The van der Waals surface area contributed by atoms with Crippen molar-refractivity contribution < 1.29 is 4.42 Å². The zero-order valence-electron chi connectivity index (χ0n) is 15.7. The van der Waals surface area contributed by atoms with Gasteiger partial charge < -0.3 is 9.40 Å². The fourth-order valence-electron chi connectivity index (χ4n) is 3.96. The van der Waals surface area contributed by atoms with E-state index in [1.54, 1.807) is 12.4 Å². The molecule has 0 radical (unpaired) electrons. The van der Waals surface area contributed by atoms with Crippen molar-refractivity contribution in [2.45, 2.75) is 19.0 Å². The first-order valence-electron chi connectivity index (χ1n) is 9.59. The first-order chi connectivity index (χ1) is 14.3. The number of aromatic amines is 1. The highest BCUT2D eigenvalue weighted by Crippen LogP contribution is 2.34. The molecule has 6 heteroatoms. The minimum atomic E-state index is -0.0221. The van der Waals surface area contributed by atoms with E-state index in [1.807, 2.05) is 54.7 Å². The van der Waals surface area contributed by atoms with Crippen LogP contribution in [0.25, 0.3) is 11.3 Å².